The molecule has 22 heavy (non-hydrogen) atoms. The second kappa shape index (κ2) is 6.93. The number of carbonyl (C=O) groups is 1. The molecular formula is C17H17FO4. The van der Waals surface area contributed by atoms with Gasteiger partial charge in [-0.25, -0.2) is 4.39 Å². The summed E-state index contributed by atoms with van der Waals surface area (Å²) in [5.74, 6) is -1.02. The molecule has 116 valence electrons. The van der Waals surface area contributed by atoms with E-state index in [4.69, 9.17) is 9.47 Å². The predicted octanol–water partition coefficient (Wildman–Crippen LogP) is 3.25. The van der Waals surface area contributed by atoms with Gasteiger partial charge in [0.2, 0.25) is 0 Å². The van der Waals surface area contributed by atoms with Crippen molar-refractivity contribution in [2.75, 3.05) is 14.2 Å². The van der Waals surface area contributed by atoms with Gasteiger partial charge in [0.25, 0.3) is 0 Å². The van der Waals surface area contributed by atoms with Gasteiger partial charge in [-0.3, -0.25) is 4.79 Å². The molecule has 2 rings (SSSR count). The van der Waals surface area contributed by atoms with Crippen molar-refractivity contribution < 1.29 is 23.8 Å². The zero-order valence-electron chi connectivity index (χ0n) is 12.4. The Kier molecular flexibility index (Phi) is 4.99. The Labute approximate surface area is 128 Å². The monoisotopic (exact) mass is 304 g/mol. The number of rotatable bonds is 6. The molecule has 0 bridgehead atoms. The Morgan fingerprint density at radius 2 is 1.73 bits per heavy atom. The van der Waals surface area contributed by atoms with Gasteiger partial charge in [0, 0.05) is 0 Å². The second-order valence-corrected chi connectivity index (χ2v) is 4.84. The molecule has 2 aromatic rings. The molecule has 2 aromatic carbocycles. The minimum absolute atomic E-state index is 0.269. The van der Waals surface area contributed by atoms with Crippen LogP contribution in [-0.4, -0.2) is 25.3 Å². The van der Waals surface area contributed by atoms with E-state index in [2.05, 4.69) is 0 Å². The summed E-state index contributed by atoms with van der Waals surface area (Å²) < 4.78 is 23.3. The molecule has 0 aromatic heterocycles. The van der Waals surface area contributed by atoms with Crippen molar-refractivity contribution in [3.05, 3.63) is 59.4 Å². The summed E-state index contributed by atoms with van der Waals surface area (Å²) >= 11 is 0. The molecule has 1 unspecified atom stereocenters. The van der Waals surface area contributed by atoms with E-state index in [1.54, 1.807) is 30.3 Å². The van der Waals surface area contributed by atoms with Gasteiger partial charge in [0.05, 0.1) is 20.1 Å². The van der Waals surface area contributed by atoms with Gasteiger partial charge in [-0.15, -0.1) is 0 Å². The van der Waals surface area contributed by atoms with Crippen molar-refractivity contribution in [2.45, 2.75) is 12.3 Å². The lowest BCUT2D eigenvalue weighted by atomic mass is 9.92. The molecule has 0 heterocycles. The smallest absolute Gasteiger partial charge is 0.311 e. The lowest BCUT2D eigenvalue weighted by Crippen LogP contribution is -2.14. The molecule has 0 fully saturated rings. The van der Waals surface area contributed by atoms with Crippen molar-refractivity contribution in [3.63, 3.8) is 0 Å². The van der Waals surface area contributed by atoms with E-state index in [0.29, 0.717) is 17.1 Å². The number of carboxylic acid groups (broad SMARTS) is 1. The van der Waals surface area contributed by atoms with Gasteiger partial charge in [-0.1, -0.05) is 18.2 Å². The molecule has 1 atom stereocenters. The highest BCUT2D eigenvalue weighted by atomic mass is 19.1. The number of carboxylic acids is 1. The number of benzene rings is 2. The molecule has 0 aliphatic heterocycles. The van der Waals surface area contributed by atoms with E-state index < -0.39 is 11.9 Å². The van der Waals surface area contributed by atoms with Gasteiger partial charge in [0.15, 0.2) is 11.5 Å². The normalized spacial score (nSPS) is 11.8. The molecular weight excluding hydrogens is 287 g/mol. The summed E-state index contributed by atoms with van der Waals surface area (Å²) in [4.78, 5) is 11.6. The summed E-state index contributed by atoms with van der Waals surface area (Å²) in [6.07, 6.45) is 0.269. The van der Waals surface area contributed by atoms with Gasteiger partial charge < -0.3 is 14.6 Å². The van der Waals surface area contributed by atoms with Crippen molar-refractivity contribution in [1.82, 2.24) is 0 Å². The first-order valence-corrected chi connectivity index (χ1v) is 6.74. The van der Waals surface area contributed by atoms with Crippen molar-refractivity contribution in [2.24, 2.45) is 0 Å². The van der Waals surface area contributed by atoms with Crippen LogP contribution in [0.25, 0.3) is 0 Å². The molecule has 0 radical (unpaired) electrons. The van der Waals surface area contributed by atoms with Crippen LogP contribution in [0.15, 0.2) is 42.5 Å². The van der Waals surface area contributed by atoms with Crippen molar-refractivity contribution in [1.29, 1.82) is 0 Å². The quantitative estimate of drug-likeness (QED) is 0.890. The van der Waals surface area contributed by atoms with Gasteiger partial charge in [0.1, 0.15) is 5.82 Å². The number of hydrogen-bond donors (Lipinski definition) is 1. The minimum atomic E-state index is -0.948. The van der Waals surface area contributed by atoms with E-state index in [1.807, 2.05) is 0 Å². The van der Waals surface area contributed by atoms with Crippen LogP contribution < -0.4 is 9.47 Å². The lowest BCUT2D eigenvalue weighted by molar-refractivity contribution is -0.138. The van der Waals surface area contributed by atoms with E-state index in [9.17, 15) is 14.3 Å². The van der Waals surface area contributed by atoms with Crippen LogP contribution in [0.2, 0.25) is 0 Å². The Morgan fingerprint density at radius 1 is 1.09 bits per heavy atom. The third kappa shape index (κ3) is 3.55. The van der Waals surface area contributed by atoms with E-state index >= 15 is 0 Å². The Hall–Kier alpha value is -2.56. The van der Waals surface area contributed by atoms with Crippen LogP contribution in [0.5, 0.6) is 11.5 Å². The van der Waals surface area contributed by atoms with E-state index in [0.717, 1.165) is 5.56 Å². The Balaban J connectivity index is 2.31. The van der Waals surface area contributed by atoms with Crippen LogP contribution in [0, 0.1) is 5.82 Å². The summed E-state index contributed by atoms with van der Waals surface area (Å²) in [5, 5.41) is 9.49. The standard InChI is InChI=1S/C17H17FO4/c1-21-15-8-5-12(10-16(15)22-2)14(17(19)20)9-11-3-6-13(18)7-4-11/h3-8,10,14H,9H2,1-2H3,(H,19,20). The van der Waals surface area contributed by atoms with Gasteiger partial charge in [-0.2, -0.15) is 0 Å². The number of hydrogen-bond acceptors (Lipinski definition) is 3. The van der Waals surface area contributed by atoms with Crippen LogP contribution in [0.3, 0.4) is 0 Å². The van der Waals surface area contributed by atoms with Crippen molar-refractivity contribution in [3.8, 4) is 11.5 Å². The van der Waals surface area contributed by atoms with Gasteiger partial charge >= 0.3 is 5.97 Å². The zero-order valence-corrected chi connectivity index (χ0v) is 12.4. The van der Waals surface area contributed by atoms with E-state index in [-0.39, 0.29) is 12.2 Å². The molecule has 0 saturated heterocycles. The van der Waals surface area contributed by atoms with Crippen LogP contribution in [0.4, 0.5) is 4.39 Å². The first-order valence-electron chi connectivity index (χ1n) is 6.74. The fourth-order valence-corrected chi connectivity index (χ4v) is 2.27. The van der Waals surface area contributed by atoms with E-state index in [1.165, 1.54) is 26.4 Å². The minimum Gasteiger partial charge on any atom is -0.493 e. The topological polar surface area (TPSA) is 55.8 Å². The fourth-order valence-electron chi connectivity index (χ4n) is 2.27. The van der Waals surface area contributed by atoms with Crippen molar-refractivity contribution >= 4 is 5.97 Å². The highest BCUT2D eigenvalue weighted by Gasteiger charge is 2.22. The predicted molar refractivity (Wildman–Crippen MR) is 80.0 cm³/mol. The highest BCUT2D eigenvalue weighted by Crippen LogP contribution is 2.32. The zero-order chi connectivity index (χ0) is 16.1. The number of halogens is 1. The maximum atomic E-state index is 12.9. The first kappa shape index (κ1) is 15.8. The van der Waals surface area contributed by atoms with Crippen LogP contribution in [-0.2, 0) is 11.2 Å². The molecule has 0 saturated carbocycles. The maximum absolute atomic E-state index is 12.9. The molecule has 0 aliphatic carbocycles. The first-order chi connectivity index (χ1) is 10.5. The molecule has 5 heteroatoms. The molecule has 0 spiro atoms. The third-order valence-electron chi connectivity index (χ3n) is 3.46. The fraction of sp³-hybridized carbons (Fsp3) is 0.235. The van der Waals surface area contributed by atoms with Crippen LogP contribution >= 0.6 is 0 Å². The average molecular weight is 304 g/mol. The molecule has 4 nitrogen and oxygen atoms in total. The maximum Gasteiger partial charge on any atom is 0.311 e. The Morgan fingerprint density at radius 3 is 2.27 bits per heavy atom. The van der Waals surface area contributed by atoms with Crippen LogP contribution in [0.1, 0.15) is 17.0 Å². The summed E-state index contributed by atoms with van der Waals surface area (Å²) in [6.45, 7) is 0. The number of methoxy groups -OCH3 is 2. The van der Waals surface area contributed by atoms with Gasteiger partial charge in [-0.05, 0) is 41.8 Å². The average Bonchev–Trinajstić information content (AvgIpc) is 2.53. The number of ether oxygens (including phenoxy) is 2. The summed E-state index contributed by atoms with van der Waals surface area (Å²) in [7, 11) is 3.02. The number of aliphatic carboxylic acids is 1. The molecule has 1 N–H and O–H groups in total. The Bertz CT molecular complexity index is 652. The highest BCUT2D eigenvalue weighted by molar-refractivity contribution is 5.77. The largest absolute Gasteiger partial charge is 0.493 e. The second-order valence-electron chi connectivity index (χ2n) is 4.84. The third-order valence-corrected chi connectivity index (χ3v) is 3.46. The summed E-state index contributed by atoms with van der Waals surface area (Å²) in [6, 6.07) is 10.9. The SMILES string of the molecule is COc1ccc(C(Cc2ccc(F)cc2)C(=O)O)cc1OC. The molecule has 0 aliphatic rings. The molecule has 0 amide bonds. The summed E-state index contributed by atoms with van der Waals surface area (Å²) in [5.41, 5.74) is 1.36. The lowest BCUT2D eigenvalue weighted by Gasteiger charge is -2.15.